The first-order valence-electron chi connectivity index (χ1n) is 6.49. The molecule has 2 aromatic heterocycles. The molecule has 0 fully saturated rings. The summed E-state index contributed by atoms with van der Waals surface area (Å²) >= 11 is 0. The summed E-state index contributed by atoms with van der Waals surface area (Å²) in [6, 6.07) is 9.38. The van der Waals surface area contributed by atoms with Crippen LogP contribution in [0.1, 0.15) is 0 Å². The third-order valence-corrected chi connectivity index (χ3v) is 2.99. The Morgan fingerprint density at radius 3 is 2.86 bits per heavy atom. The van der Waals surface area contributed by atoms with Gasteiger partial charge in [0.05, 0.1) is 19.5 Å². The van der Waals surface area contributed by atoms with Gasteiger partial charge in [-0.25, -0.2) is 9.97 Å². The summed E-state index contributed by atoms with van der Waals surface area (Å²) < 4.78 is 6.87. The highest BCUT2D eigenvalue weighted by Gasteiger charge is 2.11. The molecule has 0 amide bonds. The number of nitrogens with one attached hydrogen (secondary N) is 1. The molecule has 3 rings (SSSR count). The van der Waals surface area contributed by atoms with Gasteiger partial charge in [-0.05, 0) is 0 Å². The number of fused-ring (bicyclic) bond motifs is 1. The third-order valence-electron chi connectivity index (χ3n) is 2.99. The van der Waals surface area contributed by atoms with E-state index in [-0.39, 0.29) is 31.0 Å². The number of aliphatic hydroxyl groups excluding tert-OH is 1. The van der Waals surface area contributed by atoms with Crippen LogP contribution in [0.15, 0.2) is 41.5 Å². The number of rotatable bonds is 5. The highest BCUT2D eigenvalue weighted by atomic mass is 16.5. The second-order valence-corrected chi connectivity index (χ2v) is 4.43. The zero-order chi connectivity index (χ0) is 14.7. The molecule has 0 bridgehead atoms. The maximum Gasteiger partial charge on any atom is 0.279 e. The first kappa shape index (κ1) is 13.5. The number of aromatic nitrogens is 4. The van der Waals surface area contributed by atoms with E-state index in [0.717, 1.165) is 5.56 Å². The van der Waals surface area contributed by atoms with E-state index in [9.17, 15) is 4.79 Å². The molecule has 1 aromatic carbocycles. The molecule has 0 saturated heterocycles. The number of H-pyrrole nitrogens is 1. The predicted octanol–water partition coefficient (Wildman–Crippen LogP) is 0.753. The molecule has 0 unspecified atom stereocenters. The summed E-state index contributed by atoms with van der Waals surface area (Å²) in [5.74, 6) is 0.483. The van der Waals surface area contributed by atoms with Gasteiger partial charge in [-0.2, -0.15) is 0 Å². The molecule has 0 saturated carbocycles. The van der Waals surface area contributed by atoms with E-state index in [4.69, 9.17) is 9.84 Å². The quantitative estimate of drug-likeness (QED) is 0.675. The van der Waals surface area contributed by atoms with Crippen LogP contribution >= 0.6 is 0 Å². The van der Waals surface area contributed by atoms with Crippen LogP contribution < -0.4 is 5.56 Å². The van der Waals surface area contributed by atoms with Crippen molar-refractivity contribution in [1.82, 2.24) is 19.5 Å². The second-order valence-electron chi connectivity index (χ2n) is 4.43. The maximum atomic E-state index is 12.1. The second kappa shape index (κ2) is 5.86. The highest BCUT2D eigenvalue weighted by molar-refractivity contribution is 5.72. The lowest BCUT2D eigenvalue weighted by atomic mass is 10.2. The van der Waals surface area contributed by atoms with E-state index in [2.05, 4.69) is 15.0 Å². The Bertz CT molecular complexity index is 795. The Morgan fingerprint density at radius 2 is 2.10 bits per heavy atom. The van der Waals surface area contributed by atoms with Gasteiger partial charge in [-0.1, -0.05) is 30.3 Å². The molecule has 0 aliphatic carbocycles. The largest absolute Gasteiger partial charge is 0.394 e. The Labute approximate surface area is 119 Å². The molecular formula is C14H14N4O3. The average molecular weight is 286 g/mol. The topological polar surface area (TPSA) is 93.0 Å². The first-order chi connectivity index (χ1) is 10.3. The first-order valence-corrected chi connectivity index (χ1v) is 6.49. The van der Waals surface area contributed by atoms with Crippen molar-refractivity contribution in [2.45, 2.75) is 6.73 Å². The summed E-state index contributed by atoms with van der Waals surface area (Å²) in [5, 5.41) is 8.72. The van der Waals surface area contributed by atoms with Crippen LogP contribution in [0.25, 0.3) is 22.6 Å². The Morgan fingerprint density at radius 1 is 1.29 bits per heavy atom. The zero-order valence-corrected chi connectivity index (χ0v) is 11.2. The summed E-state index contributed by atoms with van der Waals surface area (Å²) in [4.78, 5) is 23.3. The third kappa shape index (κ3) is 2.69. The van der Waals surface area contributed by atoms with Crippen LogP contribution in [0.5, 0.6) is 0 Å². The van der Waals surface area contributed by atoms with Crippen LogP contribution in [0.4, 0.5) is 0 Å². The SMILES string of the molecule is O=c1[nH]c(-c2ccccc2)nc2c1ncn2COCCO. The van der Waals surface area contributed by atoms with Crippen LogP contribution in [-0.2, 0) is 11.5 Å². The summed E-state index contributed by atoms with van der Waals surface area (Å²) in [6.07, 6.45) is 1.50. The van der Waals surface area contributed by atoms with Crippen LogP contribution in [0.3, 0.4) is 0 Å². The van der Waals surface area contributed by atoms with E-state index in [1.54, 1.807) is 4.57 Å². The fourth-order valence-corrected chi connectivity index (χ4v) is 2.01. The standard InChI is InChI=1S/C14H14N4O3/c19-6-7-21-9-18-8-15-11-13(18)16-12(17-14(11)20)10-4-2-1-3-5-10/h1-5,8,19H,6-7,9H2,(H,16,17,20). The van der Waals surface area contributed by atoms with Crippen molar-refractivity contribution >= 4 is 11.2 Å². The molecule has 0 aliphatic rings. The number of hydrogen-bond donors (Lipinski definition) is 2. The van der Waals surface area contributed by atoms with E-state index in [1.165, 1.54) is 6.33 Å². The maximum absolute atomic E-state index is 12.1. The molecule has 7 heteroatoms. The van der Waals surface area contributed by atoms with Crippen molar-refractivity contribution < 1.29 is 9.84 Å². The lowest BCUT2D eigenvalue weighted by Crippen LogP contribution is -2.12. The molecule has 0 spiro atoms. The molecule has 7 nitrogen and oxygen atoms in total. The number of nitrogens with zero attached hydrogens (tertiary/aromatic N) is 3. The Kier molecular flexibility index (Phi) is 3.76. The van der Waals surface area contributed by atoms with Gasteiger partial charge < -0.3 is 14.8 Å². The van der Waals surface area contributed by atoms with Gasteiger partial charge in [0.2, 0.25) is 0 Å². The van der Waals surface area contributed by atoms with Gasteiger partial charge in [0, 0.05) is 5.56 Å². The number of ether oxygens (including phenoxy) is 1. The average Bonchev–Trinajstić information content (AvgIpc) is 2.92. The minimum absolute atomic E-state index is 0.0596. The number of aliphatic hydroxyl groups is 1. The van der Waals surface area contributed by atoms with Crippen molar-refractivity contribution in [3.8, 4) is 11.4 Å². The molecule has 0 aliphatic heterocycles. The van der Waals surface area contributed by atoms with Crippen molar-refractivity contribution in [3.63, 3.8) is 0 Å². The Balaban J connectivity index is 2.05. The van der Waals surface area contributed by atoms with E-state index >= 15 is 0 Å². The van der Waals surface area contributed by atoms with Gasteiger partial charge in [0.15, 0.2) is 11.2 Å². The highest BCUT2D eigenvalue weighted by Crippen LogP contribution is 2.15. The number of hydrogen-bond acceptors (Lipinski definition) is 5. The van der Waals surface area contributed by atoms with Crippen molar-refractivity contribution in [3.05, 3.63) is 47.0 Å². The van der Waals surface area contributed by atoms with Gasteiger partial charge in [-0.3, -0.25) is 9.36 Å². The van der Waals surface area contributed by atoms with Gasteiger partial charge >= 0.3 is 0 Å². The molecule has 0 atom stereocenters. The van der Waals surface area contributed by atoms with E-state index in [1.807, 2.05) is 30.3 Å². The number of benzene rings is 1. The summed E-state index contributed by atoms with van der Waals surface area (Å²) in [6.45, 7) is 0.339. The predicted molar refractivity (Wildman–Crippen MR) is 76.6 cm³/mol. The molecular weight excluding hydrogens is 272 g/mol. The van der Waals surface area contributed by atoms with Gasteiger partial charge in [0.25, 0.3) is 5.56 Å². The van der Waals surface area contributed by atoms with Gasteiger partial charge in [0.1, 0.15) is 12.6 Å². The fraction of sp³-hybridized carbons (Fsp3) is 0.214. The zero-order valence-electron chi connectivity index (χ0n) is 11.2. The fourth-order valence-electron chi connectivity index (χ4n) is 2.01. The van der Waals surface area contributed by atoms with Crippen molar-refractivity contribution in [2.75, 3.05) is 13.2 Å². The van der Waals surface area contributed by atoms with Crippen LogP contribution in [0.2, 0.25) is 0 Å². The van der Waals surface area contributed by atoms with Crippen LogP contribution in [-0.4, -0.2) is 37.8 Å². The minimum atomic E-state index is -0.292. The van der Waals surface area contributed by atoms with Gasteiger partial charge in [-0.15, -0.1) is 0 Å². The van der Waals surface area contributed by atoms with Crippen molar-refractivity contribution in [1.29, 1.82) is 0 Å². The normalized spacial score (nSPS) is 11.1. The lowest BCUT2D eigenvalue weighted by Gasteiger charge is -2.05. The van der Waals surface area contributed by atoms with Crippen molar-refractivity contribution in [2.24, 2.45) is 0 Å². The number of imidazole rings is 1. The summed E-state index contributed by atoms with van der Waals surface area (Å²) in [5.41, 5.74) is 1.25. The minimum Gasteiger partial charge on any atom is -0.394 e. The monoisotopic (exact) mass is 286 g/mol. The van der Waals surface area contributed by atoms with E-state index < -0.39 is 0 Å². The molecule has 2 heterocycles. The smallest absolute Gasteiger partial charge is 0.279 e. The van der Waals surface area contributed by atoms with Crippen LogP contribution in [0, 0.1) is 0 Å². The number of aromatic amines is 1. The molecule has 0 radical (unpaired) electrons. The molecule has 2 N–H and O–H groups in total. The Hall–Kier alpha value is -2.51. The molecule has 3 aromatic rings. The lowest BCUT2D eigenvalue weighted by molar-refractivity contribution is 0.0499. The summed E-state index contributed by atoms with van der Waals surface area (Å²) in [7, 11) is 0. The molecule has 108 valence electrons. The van der Waals surface area contributed by atoms with E-state index in [0.29, 0.717) is 11.5 Å². The molecule has 21 heavy (non-hydrogen) atoms.